The van der Waals surface area contributed by atoms with Crippen molar-refractivity contribution in [3.63, 3.8) is 0 Å². The minimum Gasteiger partial charge on any atom is -0.444 e. The van der Waals surface area contributed by atoms with Crippen LogP contribution < -0.4 is 5.32 Å². The van der Waals surface area contributed by atoms with Crippen LogP contribution in [-0.4, -0.2) is 24.0 Å². The summed E-state index contributed by atoms with van der Waals surface area (Å²) in [5.41, 5.74) is -0.499. The molecule has 1 rings (SSSR count). The van der Waals surface area contributed by atoms with Crippen LogP contribution in [0.4, 0.5) is 4.79 Å². The molecule has 96 valence electrons. The third-order valence-electron chi connectivity index (χ3n) is 2.70. The van der Waals surface area contributed by atoms with E-state index in [-0.39, 0.29) is 12.0 Å². The zero-order chi connectivity index (χ0) is 13.1. The highest BCUT2D eigenvalue weighted by molar-refractivity contribution is 5.68. The molecule has 1 fully saturated rings. The first-order chi connectivity index (χ1) is 7.85. The normalized spacial score (nSPS) is 24.6. The van der Waals surface area contributed by atoms with Crippen LogP contribution in [0.5, 0.6) is 0 Å². The van der Waals surface area contributed by atoms with Crippen molar-refractivity contribution >= 4 is 12.4 Å². The molecule has 0 radical (unpaired) electrons. The van der Waals surface area contributed by atoms with Crippen molar-refractivity contribution in [1.29, 1.82) is 0 Å². The van der Waals surface area contributed by atoms with Gasteiger partial charge in [-0.1, -0.05) is 6.08 Å². The number of hydrogen-bond donors (Lipinski definition) is 1. The number of alkyl carbamates (subject to hydrolysis) is 1. The Morgan fingerprint density at radius 3 is 2.65 bits per heavy atom. The van der Waals surface area contributed by atoms with E-state index < -0.39 is 11.7 Å². The van der Waals surface area contributed by atoms with E-state index in [4.69, 9.17) is 4.74 Å². The molecule has 0 aliphatic heterocycles. The summed E-state index contributed by atoms with van der Waals surface area (Å²) in [6, 6.07) is -0.125. The maximum atomic E-state index is 11.5. The van der Waals surface area contributed by atoms with Gasteiger partial charge >= 0.3 is 6.09 Å². The van der Waals surface area contributed by atoms with Gasteiger partial charge in [0.25, 0.3) is 0 Å². The molecule has 0 spiro atoms. The van der Waals surface area contributed by atoms with E-state index in [9.17, 15) is 9.59 Å². The molecule has 1 aliphatic rings. The fourth-order valence-electron chi connectivity index (χ4n) is 1.71. The molecule has 0 saturated heterocycles. The zero-order valence-electron chi connectivity index (χ0n) is 10.7. The summed E-state index contributed by atoms with van der Waals surface area (Å²) in [5, 5.41) is 2.74. The Bertz CT molecular complexity index is 306. The summed E-state index contributed by atoms with van der Waals surface area (Å²) in [6.07, 6.45) is 3.91. The Balaban J connectivity index is 2.34. The van der Waals surface area contributed by atoms with Crippen molar-refractivity contribution in [2.45, 2.75) is 45.3 Å². The number of rotatable bonds is 5. The summed E-state index contributed by atoms with van der Waals surface area (Å²) in [7, 11) is 0. The first-order valence-corrected chi connectivity index (χ1v) is 5.93. The third-order valence-corrected chi connectivity index (χ3v) is 2.70. The Morgan fingerprint density at radius 1 is 1.59 bits per heavy atom. The predicted octanol–water partition coefficient (Wildman–Crippen LogP) is 2.29. The van der Waals surface area contributed by atoms with E-state index >= 15 is 0 Å². The minimum absolute atomic E-state index is 0.125. The number of hydrogen-bond acceptors (Lipinski definition) is 3. The van der Waals surface area contributed by atoms with Gasteiger partial charge in [-0.25, -0.2) is 4.79 Å². The van der Waals surface area contributed by atoms with Gasteiger partial charge in [-0.3, -0.25) is 0 Å². The summed E-state index contributed by atoms with van der Waals surface area (Å²) in [5.74, 6) is 0.545. The van der Waals surface area contributed by atoms with E-state index in [1.165, 1.54) is 0 Å². The van der Waals surface area contributed by atoms with Crippen LogP contribution in [-0.2, 0) is 9.53 Å². The zero-order valence-corrected chi connectivity index (χ0v) is 10.7. The monoisotopic (exact) mass is 239 g/mol. The van der Waals surface area contributed by atoms with Crippen LogP contribution in [0.2, 0.25) is 0 Å². The molecule has 1 amide bonds. The van der Waals surface area contributed by atoms with Gasteiger partial charge in [-0.05, 0) is 39.5 Å². The van der Waals surface area contributed by atoms with Crippen LogP contribution in [0, 0.1) is 11.8 Å². The van der Waals surface area contributed by atoms with Crippen LogP contribution in [0.3, 0.4) is 0 Å². The lowest BCUT2D eigenvalue weighted by molar-refractivity contribution is -0.109. The Morgan fingerprint density at radius 2 is 2.24 bits per heavy atom. The van der Waals surface area contributed by atoms with Gasteiger partial charge in [0.2, 0.25) is 0 Å². The molecule has 0 bridgehead atoms. The number of aldehydes is 1. The Labute approximate surface area is 102 Å². The van der Waals surface area contributed by atoms with Gasteiger partial charge in [0.05, 0.1) is 6.04 Å². The molecule has 0 heterocycles. The lowest BCUT2D eigenvalue weighted by atomic mass is 10.1. The highest BCUT2D eigenvalue weighted by Crippen LogP contribution is 2.40. The van der Waals surface area contributed by atoms with Crippen molar-refractivity contribution < 1.29 is 14.3 Å². The van der Waals surface area contributed by atoms with Gasteiger partial charge in [-0.15, -0.1) is 6.58 Å². The molecular weight excluding hydrogens is 218 g/mol. The quantitative estimate of drug-likeness (QED) is 0.591. The maximum absolute atomic E-state index is 11.5. The molecule has 0 aromatic rings. The second kappa shape index (κ2) is 5.34. The molecule has 4 heteroatoms. The first-order valence-electron chi connectivity index (χ1n) is 5.93. The van der Waals surface area contributed by atoms with Crippen LogP contribution >= 0.6 is 0 Å². The molecule has 1 saturated carbocycles. The molecule has 0 unspecified atom stereocenters. The van der Waals surface area contributed by atoms with E-state index in [1.807, 2.05) is 20.8 Å². The highest BCUT2D eigenvalue weighted by atomic mass is 16.6. The molecule has 1 aliphatic carbocycles. The minimum atomic E-state index is -0.499. The van der Waals surface area contributed by atoms with Crippen molar-refractivity contribution in [3.05, 3.63) is 12.7 Å². The van der Waals surface area contributed by atoms with E-state index in [0.717, 1.165) is 19.1 Å². The van der Waals surface area contributed by atoms with Crippen LogP contribution in [0.1, 0.15) is 33.6 Å². The molecule has 17 heavy (non-hydrogen) atoms. The molecular formula is C13H21NO3. The van der Waals surface area contributed by atoms with E-state index in [2.05, 4.69) is 11.9 Å². The van der Waals surface area contributed by atoms with Crippen molar-refractivity contribution in [2.24, 2.45) is 11.8 Å². The summed E-state index contributed by atoms with van der Waals surface area (Å²) in [4.78, 5) is 22.0. The molecule has 3 atom stereocenters. The molecule has 4 nitrogen and oxygen atoms in total. The number of amides is 1. The van der Waals surface area contributed by atoms with Crippen molar-refractivity contribution in [2.75, 3.05) is 0 Å². The summed E-state index contributed by atoms with van der Waals surface area (Å²) < 4.78 is 5.16. The second-order valence-corrected chi connectivity index (χ2v) is 5.52. The van der Waals surface area contributed by atoms with E-state index in [0.29, 0.717) is 5.92 Å². The van der Waals surface area contributed by atoms with Gasteiger partial charge < -0.3 is 14.8 Å². The number of carbonyl (C=O) groups is 2. The average molecular weight is 239 g/mol. The fourth-order valence-corrected chi connectivity index (χ4v) is 1.71. The Hall–Kier alpha value is -1.32. The standard InChI is InChI=1S/C13H21NO3/c1-5-11(7-9-6-10(9)8-15)14-12(16)17-13(2,3)4/h5,8-11H,1,6-7H2,2-4H3,(H,14,16)/t9-,10+,11+/m0/s1. The van der Waals surface area contributed by atoms with Gasteiger partial charge in [0, 0.05) is 5.92 Å². The topological polar surface area (TPSA) is 55.4 Å². The smallest absolute Gasteiger partial charge is 0.408 e. The molecule has 0 aromatic heterocycles. The molecule has 0 aromatic carbocycles. The summed E-state index contributed by atoms with van der Waals surface area (Å²) >= 11 is 0. The van der Waals surface area contributed by atoms with Crippen molar-refractivity contribution in [3.8, 4) is 0 Å². The molecule has 1 N–H and O–H groups in total. The lowest BCUT2D eigenvalue weighted by Gasteiger charge is -2.22. The van der Waals surface area contributed by atoms with E-state index in [1.54, 1.807) is 6.08 Å². The third kappa shape index (κ3) is 5.02. The van der Waals surface area contributed by atoms with Gasteiger partial charge in [0.1, 0.15) is 11.9 Å². The van der Waals surface area contributed by atoms with Gasteiger partial charge in [0.15, 0.2) is 0 Å². The Kier molecular flexibility index (Phi) is 4.32. The predicted molar refractivity (Wildman–Crippen MR) is 65.6 cm³/mol. The van der Waals surface area contributed by atoms with Crippen molar-refractivity contribution in [1.82, 2.24) is 5.32 Å². The van der Waals surface area contributed by atoms with Crippen LogP contribution in [0.15, 0.2) is 12.7 Å². The van der Waals surface area contributed by atoms with Gasteiger partial charge in [-0.2, -0.15) is 0 Å². The highest BCUT2D eigenvalue weighted by Gasteiger charge is 2.38. The summed E-state index contributed by atoms with van der Waals surface area (Å²) in [6.45, 7) is 9.14. The lowest BCUT2D eigenvalue weighted by Crippen LogP contribution is -2.38. The number of ether oxygens (including phenoxy) is 1. The maximum Gasteiger partial charge on any atom is 0.408 e. The first kappa shape index (κ1) is 13.7. The van der Waals surface area contributed by atoms with Crippen LogP contribution in [0.25, 0.3) is 0 Å². The largest absolute Gasteiger partial charge is 0.444 e. The average Bonchev–Trinajstić information content (AvgIpc) is 2.92. The number of nitrogens with one attached hydrogen (secondary N) is 1. The number of carbonyl (C=O) groups excluding carboxylic acids is 2. The SMILES string of the molecule is C=C[C@H](C[C@@H]1C[C@@H]1C=O)NC(=O)OC(C)(C)C. The fraction of sp³-hybridized carbons (Fsp3) is 0.692. The second-order valence-electron chi connectivity index (χ2n) is 5.52.